The second-order valence-corrected chi connectivity index (χ2v) is 5.50. The van der Waals surface area contributed by atoms with E-state index >= 15 is 0 Å². The fourth-order valence-corrected chi connectivity index (χ4v) is 1.65. The number of nitro benzene ring substituents is 1. The number of ether oxygens (including phenoxy) is 2. The summed E-state index contributed by atoms with van der Waals surface area (Å²) >= 11 is 0. The molecule has 0 saturated carbocycles. The predicted octanol–water partition coefficient (Wildman–Crippen LogP) is 1.11. The molecule has 0 unspecified atom stereocenters. The van der Waals surface area contributed by atoms with Crippen LogP contribution in [-0.4, -0.2) is 46.0 Å². The zero-order valence-electron chi connectivity index (χ0n) is 11.2. The topological polar surface area (TPSA) is 105 Å². The first-order valence-electron chi connectivity index (χ1n) is 5.78. The Hall–Kier alpha value is -1.78. The quantitative estimate of drug-likeness (QED) is 0.290. The lowest BCUT2D eigenvalue weighted by Crippen LogP contribution is -2.13. The van der Waals surface area contributed by atoms with Crippen molar-refractivity contribution >= 4 is 15.8 Å². The number of benzene rings is 1. The first-order chi connectivity index (χ1) is 9.79. The number of halogens is 1. The average molecular weight is 323 g/mol. The van der Waals surface area contributed by atoms with Gasteiger partial charge in [-0.25, -0.2) is 4.39 Å². The third-order valence-electron chi connectivity index (χ3n) is 2.14. The minimum absolute atomic E-state index is 0.00755. The smallest absolute Gasteiger partial charge is 0.272 e. The van der Waals surface area contributed by atoms with Crippen molar-refractivity contribution in [3.63, 3.8) is 0 Å². The average Bonchev–Trinajstić information content (AvgIpc) is 2.37. The Balaban J connectivity index is 2.26. The molecule has 0 atom stereocenters. The van der Waals surface area contributed by atoms with Crippen molar-refractivity contribution < 1.29 is 31.4 Å². The number of non-ortho nitro benzene ring substituents is 1. The Morgan fingerprint density at radius 3 is 2.48 bits per heavy atom. The largest absolute Gasteiger partial charge is 0.488 e. The van der Waals surface area contributed by atoms with Gasteiger partial charge in [-0.15, -0.1) is 0 Å². The highest BCUT2D eigenvalue weighted by Crippen LogP contribution is 2.22. The molecular weight excluding hydrogens is 309 g/mol. The second-order valence-electron chi connectivity index (χ2n) is 3.86. The summed E-state index contributed by atoms with van der Waals surface area (Å²) in [6, 6.07) is 3.04. The highest BCUT2D eigenvalue weighted by Gasteiger charge is 2.11. The summed E-state index contributed by atoms with van der Waals surface area (Å²) in [5.41, 5.74) is -0.367. The molecular formula is C11H14FNO7S. The van der Waals surface area contributed by atoms with E-state index in [4.69, 9.17) is 9.47 Å². The van der Waals surface area contributed by atoms with Gasteiger partial charge in [0, 0.05) is 6.07 Å². The van der Waals surface area contributed by atoms with Crippen LogP contribution in [0.15, 0.2) is 18.2 Å². The lowest BCUT2D eigenvalue weighted by atomic mass is 10.3. The second kappa shape index (κ2) is 7.86. The van der Waals surface area contributed by atoms with Crippen LogP contribution in [0.1, 0.15) is 0 Å². The number of nitro groups is 1. The van der Waals surface area contributed by atoms with Crippen molar-refractivity contribution in [2.45, 2.75) is 0 Å². The van der Waals surface area contributed by atoms with E-state index in [1.807, 2.05) is 0 Å². The van der Waals surface area contributed by atoms with E-state index < -0.39 is 20.9 Å². The van der Waals surface area contributed by atoms with Crippen LogP contribution in [0.3, 0.4) is 0 Å². The first-order valence-corrected chi connectivity index (χ1v) is 7.60. The Morgan fingerprint density at radius 1 is 1.24 bits per heavy atom. The molecule has 21 heavy (non-hydrogen) atoms. The van der Waals surface area contributed by atoms with Crippen LogP contribution in [0.4, 0.5) is 10.1 Å². The lowest BCUT2D eigenvalue weighted by molar-refractivity contribution is -0.385. The van der Waals surface area contributed by atoms with Gasteiger partial charge in [0.05, 0.1) is 37.1 Å². The van der Waals surface area contributed by atoms with Gasteiger partial charge in [0.25, 0.3) is 15.8 Å². The summed E-state index contributed by atoms with van der Waals surface area (Å²) < 4.78 is 49.1. The number of rotatable bonds is 9. The van der Waals surface area contributed by atoms with E-state index in [-0.39, 0.29) is 37.9 Å². The van der Waals surface area contributed by atoms with Crippen molar-refractivity contribution in [3.8, 4) is 5.75 Å². The molecule has 8 nitrogen and oxygen atoms in total. The van der Waals surface area contributed by atoms with Crippen LogP contribution in [0, 0.1) is 15.9 Å². The van der Waals surface area contributed by atoms with E-state index in [0.29, 0.717) is 0 Å². The van der Waals surface area contributed by atoms with Gasteiger partial charge in [0.1, 0.15) is 6.61 Å². The molecule has 0 N–H and O–H groups in total. The zero-order valence-corrected chi connectivity index (χ0v) is 12.0. The minimum Gasteiger partial charge on any atom is -0.488 e. The summed E-state index contributed by atoms with van der Waals surface area (Å²) in [5, 5.41) is 10.4. The molecule has 0 fully saturated rings. The number of hydrogen-bond acceptors (Lipinski definition) is 7. The van der Waals surface area contributed by atoms with Crippen LogP contribution >= 0.6 is 0 Å². The maximum absolute atomic E-state index is 13.4. The number of hydrogen-bond donors (Lipinski definition) is 0. The third-order valence-corrected chi connectivity index (χ3v) is 2.73. The summed E-state index contributed by atoms with van der Waals surface area (Å²) in [6.45, 7) is 0.0149. The first kappa shape index (κ1) is 17.3. The summed E-state index contributed by atoms with van der Waals surface area (Å²) in [5.74, 6) is -0.971. The van der Waals surface area contributed by atoms with Gasteiger partial charge >= 0.3 is 0 Å². The fraction of sp³-hybridized carbons (Fsp3) is 0.455. The molecule has 0 aliphatic carbocycles. The van der Waals surface area contributed by atoms with Crippen LogP contribution in [0.25, 0.3) is 0 Å². The molecule has 0 bridgehead atoms. The van der Waals surface area contributed by atoms with E-state index in [0.717, 1.165) is 24.5 Å². The van der Waals surface area contributed by atoms with Gasteiger partial charge in [0.15, 0.2) is 11.6 Å². The molecule has 1 aromatic carbocycles. The number of nitrogens with zero attached hydrogens (tertiary/aromatic N) is 1. The predicted molar refractivity (Wildman–Crippen MR) is 70.2 cm³/mol. The van der Waals surface area contributed by atoms with Crippen LogP contribution < -0.4 is 4.74 Å². The zero-order chi connectivity index (χ0) is 15.9. The molecule has 0 aliphatic heterocycles. The van der Waals surface area contributed by atoms with Gasteiger partial charge in [-0.3, -0.25) is 14.3 Å². The van der Waals surface area contributed by atoms with Crippen molar-refractivity contribution in [3.05, 3.63) is 34.1 Å². The van der Waals surface area contributed by atoms with Gasteiger partial charge in [-0.1, -0.05) is 0 Å². The van der Waals surface area contributed by atoms with Crippen molar-refractivity contribution in [2.24, 2.45) is 0 Å². The third kappa shape index (κ3) is 6.97. The monoisotopic (exact) mass is 323 g/mol. The molecule has 10 heteroatoms. The summed E-state index contributed by atoms with van der Waals surface area (Å²) in [7, 11) is -3.49. The molecule has 118 valence electrons. The minimum atomic E-state index is -3.49. The maximum Gasteiger partial charge on any atom is 0.272 e. The Kier molecular flexibility index (Phi) is 6.46. The van der Waals surface area contributed by atoms with Gasteiger partial charge in [0.2, 0.25) is 0 Å². The van der Waals surface area contributed by atoms with Gasteiger partial charge < -0.3 is 9.47 Å². The standard InChI is InChI=1S/C11H14FNO7S/c1-21(16,17)20-7-5-18-4-6-19-11-3-2-9(13(14)15)8-10(11)12/h2-3,8H,4-7H2,1H3. The Morgan fingerprint density at radius 2 is 1.90 bits per heavy atom. The summed E-state index contributed by atoms with van der Waals surface area (Å²) in [6.07, 6.45) is 0.924. The molecule has 0 heterocycles. The molecule has 0 aliphatic rings. The van der Waals surface area contributed by atoms with Crippen LogP contribution in [-0.2, 0) is 19.0 Å². The molecule has 0 amide bonds. The SMILES string of the molecule is CS(=O)(=O)OCCOCCOc1ccc([N+](=O)[O-])cc1F. The van der Waals surface area contributed by atoms with E-state index in [2.05, 4.69) is 4.18 Å². The Labute approximate surface area is 120 Å². The molecule has 0 saturated heterocycles. The Bertz CT molecular complexity index is 590. The van der Waals surface area contributed by atoms with Crippen LogP contribution in [0.5, 0.6) is 5.75 Å². The lowest BCUT2D eigenvalue weighted by Gasteiger charge is -2.07. The van der Waals surface area contributed by atoms with E-state index in [9.17, 15) is 22.9 Å². The van der Waals surface area contributed by atoms with Crippen molar-refractivity contribution in [2.75, 3.05) is 32.7 Å². The highest BCUT2D eigenvalue weighted by atomic mass is 32.2. The normalized spacial score (nSPS) is 11.3. The fourth-order valence-electron chi connectivity index (χ4n) is 1.28. The van der Waals surface area contributed by atoms with Gasteiger partial charge in [-0.05, 0) is 6.07 Å². The van der Waals surface area contributed by atoms with Crippen molar-refractivity contribution in [1.82, 2.24) is 0 Å². The summed E-state index contributed by atoms with van der Waals surface area (Å²) in [4.78, 5) is 9.71. The van der Waals surface area contributed by atoms with Gasteiger partial charge in [-0.2, -0.15) is 8.42 Å². The van der Waals surface area contributed by atoms with Crippen molar-refractivity contribution in [1.29, 1.82) is 0 Å². The van der Waals surface area contributed by atoms with E-state index in [1.165, 1.54) is 0 Å². The molecule has 0 aromatic heterocycles. The molecule has 0 spiro atoms. The molecule has 1 aromatic rings. The van der Waals surface area contributed by atoms with E-state index in [1.54, 1.807) is 0 Å². The molecule has 0 radical (unpaired) electrons. The highest BCUT2D eigenvalue weighted by molar-refractivity contribution is 7.85. The molecule has 1 rings (SSSR count). The maximum atomic E-state index is 13.4. The van der Waals surface area contributed by atoms with Crippen LogP contribution in [0.2, 0.25) is 0 Å².